The van der Waals surface area contributed by atoms with Crippen molar-refractivity contribution in [3.63, 3.8) is 0 Å². The third-order valence-corrected chi connectivity index (χ3v) is 7.95. The molecule has 0 bridgehead atoms. The minimum absolute atomic E-state index is 0.00336. The standard InChI is InChI=1S/C16H18BrN3O3S3/c1-2-24-16-18-8-13(17)14(19-16)15(21)20(9-12-4-3-6-25-12)11-5-7-26(22,23)10-11/h3-4,6,8,11H,2,5,7,9-10H2,1H3. The number of aromatic nitrogens is 2. The number of amides is 1. The predicted molar refractivity (Wildman–Crippen MR) is 107 cm³/mol. The Morgan fingerprint density at radius 3 is 2.92 bits per heavy atom. The molecule has 0 radical (unpaired) electrons. The van der Waals surface area contributed by atoms with E-state index in [1.54, 1.807) is 22.4 Å². The van der Waals surface area contributed by atoms with Gasteiger partial charge in [0.2, 0.25) is 0 Å². The molecule has 0 aromatic carbocycles. The minimum Gasteiger partial charge on any atom is -0.328 e. The Kier molecular flexibility index (Phi) is 6.37. The van der Waals surface area contributed by atoms with Gasteiger partial charge >= 0.3 is 0 Å². The molecule has 2 aromatic rings. The first-order chi connectivity index (χ1) is 12.4. The maximum Gasteiger partial charge on any atom is 0.274 e. The predicted octanol–water partition coefficient (Wildman–Crippen LogP) is 3.24. The van der Waals surface area contributed by atoms with Gasteiger partial charge in [0.25, 0.3) is 5.91 Å². The number of nitrogens with zero attached hydrogens (tertiary/aromatic N) is 3. The largest absolute Gasteiger partial charge is 0.328 e. The van der Waals surface area contributed by atoms with Crippen LogP contribution in [0.4, 0.5) is 0 Å². The van der Waals surface area contributed by atoms with Crippen molar-refractivity contribution >= 4 is 54.8 Å². The number of hydrogen-bond acceptors (Lipinski definition) is 7. The SMILES string of the molecule is CCSc1ncc(Br)c(C(=O)N(Cc2cccs2)C2CCS(=O)(=O)C2)n1. The Morgan fingerprint density at radius 1 is 1.50 bits per heavy atom. The summed E-state index contributed by atoms with van der Waals surface area (Å²) in [5, 5.41) is 2.48. The summed E-state index contributed by atoms with van der Waals surface area (Å²) in [6.45, 7) is 2.37. The van der Waals surface area contributed by atoms with Crippen LogP contribution < -0.4 is 0 Å². The van der Waals surface area contributed by atoms with E-state index in [0.29, 0.717) is 22.6 Å². The molecule has 1 aliphatic heterocycles. The van der Waals surface area contributed by atoms with Gasteiger partial charge in [-0.2, -0.15) is 0 Å². The zero-order valence-electron chi connectivity index (χ0n) is 14.1. The summed E-state index contributed by atoms with van der Waals surface area (Å²) in [5.74, 6) is 0.652. The molecular formula is C16H18BrN3O3S3. The van der Waals surface area contributed by atoms with Crippen LogP contribution in [0, 0.1) is 0 Å². The maximum absolute atomic E-state index is 13.3. The average molecular weight is 476 g/mol. The van der Waals surface area contributed by atoms with Crippen LogP contribution in [0.2, 0.25) is 0 Å². The van der Waals surface area contributed by atoms with E-state index < -0.39 is 9.84 Å². The summed E-state index contributed by atoms with van der Waals surface area (Å²) < 4.78 is 24.4. The lowest BCUT2D eigenvalue weighted by molar-refractivity contribution is 0.0674. The van der Waals surface area contributed by atoms with Crippen molar-refractivity contribution in [2.75, 3.05) is 17.3 Å². The van der Waals surface area contributed by atoms with Crippen LogP contribution in [0.3, 0.4) is 0 Å². The maximum atomic E-state index is 13.3. The molecule has 0 aliphatic carbocycles. The molecule has 1 saturated heterocycles. The molecule has 3 rings (SSSR count). The second-order valence-corrected chi connectivity index (χ2v) is 11.2. The van der Waals surface area contributed by atoms with Crippen molar-refractivity contribution in [2.24, 2.45) is 0 Å². The highest BCUT2D eigenvalue weighted by Gasteiger charge is 2.36. The average Bonchev–Trinajstić information content (AvgIpc) is 3.23. The number of sulfone groups is 1. The first-order valence-electron chi connectivity index (χ1n) is 8.08. The van der Waals surface area contributed by atoms with Crippen molar-refractivity contribution in [3.05, 3.63) is 38.8 Å². The van der Waals surface area contributed by atoms with Crippen molar-refractivity contribution in [1.82, 2.24) is 14.9 Å². The van der Waals surface area contributed by atoms with Crippen LogP contribution in [0.25, 0.3) is 0 Å². The van der Waals surface area contributed by atoms with Crippen LogP contribution in [0.15, 0.2) is 33.3 Å². The van der Waals surface area contributed by atoms with E-state index in [4.69, 9.17) is 0 Å². The summed E-state index contributed by atoms with van der Waals surface area (Å²) in [6, 6.07) is 3.53. The summed E-state index contributed by atoms with van der Waals surface area (Å²) in [5.41, 5.74) is 0.275. The van der Waals surface area contributed by atoms with Gasteiger partial charge in [-0.25, -0.2) is 18.4 Å². The minimum atomic E-state index is -3.10. The van der Waals surface area contributed by atoms with Gasteiger partial charge in [0.05, 0.1) is 22.5 Å². The van der Waals surface area contributed by atoms with Gasteiger partial charge in [0, 0.05) is 17.1 Å². The first kappa shape index (κ1) is 19.8. The van der Waals surface area contributed by atoms with E-state index >= 15 is 0 Å². The molecule has 1 fully saturated rings. The third kappa shape index (κ3) is 4.65. The topological polar surface area (TPSA) is 80.2 Å². The highest BCUT2D eigenvalue weighted by atomic mass is 79.9. The Labute approximate surface area is 169 Å². The molecule has 6 nitrogen and oxygen atoms in total. The summed E-state index contributed by atoms with van der Waals surface area (Å²) in [4.78, 5) is 24.5. The number of carbonyl (C=O) groups is 1. The van der Waals surface area contributed by atoms with Gasteiger partial charge in [-0.1, -0.05) is 24.8 Å². The van der Waals surface area contributed by atoms with Crippen LogP contribution in [0.5, 0.6) is 0 Å². The van der Waals surface area contributed by atoms with E-state index in [0.717, 1.165) is 10.6 Å². The number of carbonyl (C=O) groups excluding carboxylic acids is 1. The molecule has 3 heterocycles. The van der Waals surface area contributed by atoms with Gasteiger partial charge in [-0.05, 0) is 39.6 Å². The molecule has 0 saturated carbocycles. The number of hydrogen-bond donors (Lipinski definition) is 0. The Morgan fingerprint density at radius 2 is 2.31 bits per heavy atom. The summed E-state index contributed by atoms with van der Waals surface area (Å²) in [6.07, 6.45) is 2.03. The molecular weight excluding hydrogens is 458 g/mol. The molecule has 1 unspecified atom stereocenters. The van der Waals surface area contributed by atoms with E-state index in [9.17, 15) is 13.2 Å². The Balaban J connectivity index is 1.93. The molecule has 26 heavy (non-hydrogen) atoms. The molecule has 1 aliphatic rings. The zero-order valence-corrected chi connectivity index (χ0v) is 18.1. The molecule has 0 N–H and O–H groups in total. The molecule has 0 spiro atoms. The smallest absolute Gasteiger partial charge is 0.274 e. The van der Waals surface area contributed by atoms with Gasteiger partial charge in [-0.15, -0.1) is 11.3 Å². The van der Waals surface area contributed by atoms with E-state index in [-0.39, 0.29) is 29.1 Å². The summed E-state index contributed by atoms with van der Waals surface area (Å²) >= 11 is 6.37. The Bertz CT molecular complexity index is 887. The van der Waals surface area contributed by atoms with E-state index in [1.807, 2.05) is 24.4 Å². The van der Waals surface area contributed by atoms with Crippen LogP contribution in [-0.2, 0) is 16.4 Å². The second-order valence-electron chi connectivity index (χ2n) is 5.85. The fourth-order valence-corrected chi connectivity index (χ4v) is 6.13. The molecule has 140 valence electrons. The molecule has 10 heteroatoms. The van der Waals surface area contributed by atoms with Crippen molar-refractivity contribution in [2.45, 2.75) is 31.1 Å². The van der Waals surface area contributed by atoms with Crippen molar-refractivity contribution in [1.29, 1.82) is 0 Å². The molecule has 1 atom stereocenters. The lowest BCUT2D eigenvalue weighted by Gasteiger charge is -2.28. The lowest BCUT2D eigenvalue weighted by Crippen LogP contribution is -2.41. The highest BCUT2D eigenvalue weighted by molar-refractivity contribution is 9.10. The quantitative estimate of drug-likeness (QED) is 0.471. The highest BCUT2D eigenvalue weighted by Crippen LogP contribution is 2.26. The van der Waals surface area contributed by atoms with Crippen LogP contribution in [0.1, 0.15) is 28.7 Å². The second kappa shape index (κ2) is 8.37. The van der Waals surface area contributed by atoms with Gasteiger partial charge in [0.1, 0.15) is 5.69 Å². The van der Waals surface area contributed by atoms with Gasteiger partial charge < -0.3 is 4.90 Å². The number of halogens is 1. The van der Waals surface area contributed by atoms with E-state index in [1.165, 1.54) is 11.8 Å². The van der Waals surface area contributed by atoms with Crippen LogP contribution >= 0.6 is 39.0 Å². The van der Waals surface area contributed by atoms with Crippen LogP contribution in [-0.4, -0.2) is 52.5 Å². The normalized spacial score (nSPS) is 18.8. The monoisotopic (exact) mass is 475 g/mol. The lowest BCUT2D eigenvalue weighted by atomic mass is 10.2. The van der Waals surface area contributed by atoms with Gasteiger partial charge in [-0.3, -0.25) is 4.79 Å². The number of thioether (sulfide) groups is 1. The number of thiophene rings is 1. The van der Waals surface area contributed by atoms with Crippen molar-refractivity contribution in [3.8, 4) is 0 Å². The first-order valence-corrected chi connectivity index (χ1v) is 12.6. The third-order valence-electron chi connectivity index (χ3n) is 4.01. The van der Waals surface area contributed by atoms with Gasteiger partial charge in [0.15, 0.2) is 15.0 Å². The summed E-state index contributed by atoms with van der Waals surface area (Å²) in [7, 11) is -3.10. The number of rotatable bonds is 6. The Hall–Kier alpha value is -0.970. The molecule has 1 amide bonds. The fourth-order valence-electron chi connectivity index (χ4n) is 2.79. The van der Waals surface area contributed by atoms with Crippen molar-refractivity contribution < 1.29 is 13.2 Å². The molecule has 2 aromatic heterocycles. The van der Waals surface area contributed by atoms with E-state index in [2.05, 4.69) is 25.9 Å². The zero-order chi connectivity index (χ0) is 18.7. The fraction of sp³-hybridized carbons (Fsp3) is 0.438.